The van der Waals surface area contributed by atoms with Gasteiger partial charge in [0.1, 0.15) is 35.8 Å². The first kappa shape index (κ1) is 27.6. The highest BCUT2D eigenvalue weighted by atomic mass is 16.5. The molecule has 1 fully saturated rings. The van der Waals surface area contributed by atoms with Crippen molar-refractivity contribution in [2.45, 2.75) is 46.3 Å². The highest BCUT2D eigenvalue weighted by molar-refractivity contribution is 5.95. The molecule has 3 aromatic rings. The van der Waals surface area contributed by atoms with E-state index in [1.54, 1.807) is 26.2 Å². The fourth-order valence-electron chi connectivity index (χ4n) is 4.27. The van der Waals surface area contributed by atoms with Crippen molar-refractivity contribution in [3.05, 3.63) is 71.9 Å². The summed E-state index contributed by atoms with van der Waals surface area (Å²) in [5.74, 6) is 1.63. The van der Waals surface area contributed by atoms with Crippen molar-refractivity contribution >= 4 is 28.3 Å². The van der Waals surface area contributed by atoms with Crippen LogP contribution in [0.3, 0.4) is 0 Å². The average molecular weight is 527 g/mol. The Bertz CT molecular complexity index is 1500. The molecule has 0 spiro atoms. The first-order valence-corrected chi connectivity index (χ1v) is 12.9. The number of hydrogen-bond acceptors (Lipinski definition) is 9. The summed E-state index contributed by atoms with van der Waals surface area (Å²) in [7, 11) is 0. The van der Waals surface area contributed by atoms with E-state index < -0.39 is 6.10 Å². The van der Waals surface area contributed by atoms with Gasteiger partial charge in [0.25, 0.3) is 0 Å². The number of benzene rings is 1. The zero-order valence-corrected chi connectivity index (χ0v) is 22.6. The zero-order valence-electron chi connectivity index (χ0n) is 22.6. The van der Waals surface area contributed by atoms with Crippen LogP contribution in [0.25, 0.3) is 16.9 Å². The summed E-state index contributed by atoms with van der Waals surface area (Å²) in [6, 6.07) is 9.42. The Morgan fingerprint density at radius 2 is 2.21 bits per heavy atom. The number of allylic oxidation sites excluding steroid dienone is 6. The van der Waals surface area contributed by atoms with Gasteiger partial charge < -0.3 is 26.2 Å². The smallest absolute Gasteiger partial charge is 0.160 e. The number of fused-ring (bicyclic) bond motifs is 1. The van der Waals surface area contributed by atoms with Crippen molar-refractivity contribution in [3.63, 3.8) is 0 Å². The number of aliphatic imine (C=N–C) groups is 1. The van der Waals surface area contributed by atoms with Crippen LogP contribution < -0.4 is 21.1 Å². The molecule has 1 saturated heterocycles. The lowest BCUT2D eigenvalue weighted by atomic mass is 10.1. The van der Waals surface area contributed by atoms with Crippen LogP contribution in [-0.2, 0) is 0 Å². The number of nitriles is 1. The molecule has 1 aliphatic rings. The Morgan fingerprint density at radius 3 is 2.90 bits per heavy atom. The van der Waals surface area contributed by atoms with E-state index in [2.05, 4.69) is 20.6 Å². The number of aromatic nitrogens is 3. The first-order chi connectivity index (χ1) is 18.8. The van der Waals surface area contributed by atoms with Gasteiger partial charge >= 0.3 is 0 Å². The highest BCUT2D eigenvalue weighted by Gasteiger charge is 2.20. The molecule has 0 bridgehead atoms. The maximum atomic E-state index is 10.3. The van der Waals surface area contributed by atoms with Crippen molar-refractivity contribution in [2.24, 2.45) is 10.7 Å². The predicted octanol–water partition coefficient (Wildman–Crippen LogP) is 4.56. The van der Waals surface area contributed by atoms with Crippen molar-refractivity contribution in [1.29, 1.82) is 5.26 Å². The maximum Gasteiger partial charge on any atom is 0.160 e. The van der Waals surface area contributed by atoms with E-state index in [-0.39, 0.29) is 11.8 Å². The molecule has 1 aliphatic heterocycles. The molecule has 5 N–H and O–H groups in total. The molecule has 2 atom stereocenters. The van der Waals surface area contributed by atoms with Gasteiger partial charge in [-0.25, -0.2) is 15.0 Å². The van der Waals surface area contributed by atoms with Crippen LogP contribution in [-0.4, -0.2) is 44.5 Å². The standard InChI is InChI=1S/C29H34N8O2/c1-5-6-7-18(2)34-25-13-24-26(14-27(25)39-22-10-11-32-16-22)37(17-33-24)28-9-8-23(20(4)38)29(36-28)35-19(3)12-21(31)15-30/h5-9,12-14,17,20,22,32,34,38H,10-11,16,31H2,1-4H3/b6-5+,18-7+,21-12?,35-19?. The largest absolute Gasteiger partial charge is 0.487 e. The van der Waals surface area contributed by atoms with E-state index in [9.17, 15) is 5.11 Å². The minimum Gasteiger partial charge on any atom is -0.487 e. The predicted molar refractivity (Wildman–Crippen MR) is 154 cm³/mol. The van der Waals surface area contributed by atoms with Gasteiger partial charge in [0.05, 0.1) is 22.8 Å². The number of imidazole rings is 1. The summed E-state index contributed by atoms with van der Waals surface area (Å²) in [6.45, 7) is 9.06. The molecule has 39 heavy (non-hydrogen) atoms. The molecule has 0 amide bonds. The highest BCUT2D eigenvalue weighted by Crippen LogP contribution is 2.34. The second-order valence-corrected chi connectivity index (χ2v) is 9.41. The Hall–Kier alpha value is -4.46. The van der Waals surface area contributed by atoms with E-state index in [1.165, 1.54) is 6.08 Å². The molecule has 3 heterocycles. The molecule has 2 unspecified atom stereocenters. The van der Waals surface area contributed by atoms with Crippen LogP contribution >= 0.6 is 0 Å². The normalized spacial score (nSPS) is 17.5. The van der Waals surface area contributed by atoms with E-state index in [4.69, 9.17) is 20.7 Å². The average Bonchev–Trinajstić information content (AvgIpc) is 3.57. The van der Waals surface area contributed by atoms with Crippen molar-refractivity contribution < 1.29 is 9.84 Å². The summed E-state index contributed by atoms with van der Waals surface area (Å²) in [6.07, 6.45) is 9.33. The van der Waals surface area contributed by atoms with Crippen LogP contribution in [0, 0.1) is 11.3 Å². The van der Waals surface area contributed by atoms with Crippen molar-refractivity contribution in [1.82, 2.24) is 19.9 Å². The number of pyridine rings is 1. The molecule has 0 saturated carbocycles. The number of nitrogens with one attached hydrogen (secondary N) is 2. The quantitative estimate of drug-likeness (QED) is 0.180. The molecule has 202 valence electrons. The van der Waals surface area contributed by atoms with Crippen LogP contribution in [0.15, 0.2) is 71.3 Å². The monoisotopic (exact) mass is 526 g/mol. The number of aliphatic hydroxyl groups excluding tert-OH is 1. The second-order valence-electron chi connectivity index (χ2n) is 9.41. The van der Waals surface area contributed by atoms with Gasteiger partial charge in [-0.05, 0) is 71.0 Å². The lowest BCUT2D eigenvalue weighted by Crippen LogP contribution is -2.20. The lowest BCUT2D eigenvalue weighted by Gasteiger charge is -2.18. The molecule has 4 rings (SSSR count). The summed E-state index contributed by atoms with van der Waals surface area (Å²) in [4.78, 5) is 13.9. The van der Waals surface area contributed by atoms with Crippen LogP contribution in [0.5, 0.6) is 5.75 Å². The summed E-state index contributed by atoms with van der Waals surface area (Å²) in [5.41, 5.74) is 10.1. The third-order valence-corrected chi connectivity index (χ3v) is 6.19. The van der Waals surface area contributed by atoms with Crippen LogP contribution in [0.1, 0.15) is 45.8 Å². The number of nitrogens with two attached hydrogens (primary N) is 1. The van der Waals surface area contributed by atoms with E-state index >= 15 is 0 Å². The maximum absolute atomic E-state index is 10.3. The number of hydrogen-bond donors (Lipinski definition) is 4. The number of nitrogens with zero attached hydrogens (tertiary/aromatic N) is 5. The van der Waals surface area contributed by atoms with Gasteiger partial charge in [-0.15, -0.1) is 0 Å². The van der Waals surface area contributed by atoms with Gasteiger partial charge in [0, 0.05) is 29.6 Å². The molecule has 1 aromatic carbocycles. The van der Waals surface area contributed by atoms with E-state index in [1.807, 2.05) is 60.9 Å². The SMILES string of the molecule is C/C=C/C=C(\C)Nc1cc2ncn(-c3ccc(C(C)O)c(N=C(C)C=C(N)C#N)n3)c2cc1OC1CCNC1. The number of rotatable bonds is 9. The van der Waals surface area contributed by atoms with Gasteiger partial charge in [-0.2, -0.15) is 5.26 Å². The van der Waals surface area contributed by atoms with E-state index in [0.717, 1.165) is 47.7 Å². The molecule has 0 aliphatic carbocycles. The second kappa shape index (κ2) is 12.4. The molecular weight excluding hydrogens is 492 g/mol. The minimum atomic E-state index is -0.789. The number of anilines is 1. The molecular formula is C29H34N8O2. The zero-order chi connectivity index (χ0) is 27.9. The Balaban J connectivity index is 1.80. The summed E-state index contributed by atoms with van der Waals surface area (Å²) in [5, 5.41) is 26.1. The van der Waals surface area contributed by atoms with Gasteiger partial charge in [0.15, 0.2) is 5.82 Å². The Labute approximate surface area is 228 Å². The minimum absolute atomic E-state index is 0.0387. The van der Waals surface area contributed by atoms with Crippen molar-refractivity contribution in [2.75, 3.05) is 18.4 Å². The summed E-state index contributed by atoms with van der Waals surface area (Å²) < 4.78 is 8.29. The molecule has 10 heteroatoms. The first-order valence-electron chi connectivity index (χ1n) is 12.9. The lowest BCUT2D eigenvalue weighted by molar-refractivity contribution is 0.199. The fourth-order valence-corrected chi connectivity index (χ4v) is 4.27. The van der Waals surface area contributed by atoms with Crippen LogP contribution in [0.2, 0.25) is 0 Å². The summed E-state index contributed by atoms with van der Waals surface area (Å²) >= 11 is 0. The molecule has 2 aromatic heterocycles. The Kier molecular flexibility index (Phi) is 8.76. The van der Waals surface area contributed by atoms with Gasteiger partial charge in [-0.1, -0.05) is 12.2 Å². The Morgan fingerprint density at radius 1 is 1.38 bits per heavy atom. The van der Waals surface area contributed by atoms with Crippen LogP contribution in [0.4, 0.5) is 11.5 Å². The number of ether oxygens (including phenoxy) is 1. The topological polar surface area (TPSA) is 146 Å². The number of aliphatic hydroxyl groups is 1. The molecule has 10 nitrogen and oxygen atoms in total. The van der Waals surface area contributed by atoms with E-state index in [0.29, 0.717) is 22.9 Å². The van der Waals surface area contributed by atoms with Gasteiger partial charge in [0.2, 0.25) is 0 Å². The van der Waals surface area contributed by atoms with Crippen molar-refractivity contribution in [3.8, 4) is 17.6 Å². The third-order valence-electron chi connectivity index (χ3n) is 6.19. The third kappa shape index (κ3) is 6.71. The van der Waals surface area contributed by atoms with Gasteiger partial charge in [-0.3, -0.25) is 4.57 Å². The fraction of sp³-hybridized carbons (Fsp3) is 0.310. The molecule has 0 radical (unpaired) electrons.